The third kappa shape index (κ3) is 5.58. The van der Waals surface area contributed by atoms with Crippen LogP contribution < -0.4 is 10.1 Å². The van der Waals surface area contributed by atoms with Crippen LogP contribution in [-0.2, 0) is 9.53 Å². The summed E-state index contributed by atoms with van der Waals surface area (Å²) in [5.74, 6) is -1.22. The predicted octanol–water partition coefficient (Wildman–Crippen LogP) is 3.85. The Bertz CT molecular complexity index is 680. The normalized spacial score (nSPS) is 14.9. The van der Waals surface area contributed by atoms with E-state index in [0.29, 0.717) is 0 Å². The third-order valence-corrected chi connectivity index (χ3v) is 4.82. The largest absolute Gasteiger partial charge is 0.460 e. The molecule has 1 fully saturated rings. The quantitative estimate of drug-likeness (QED) is 0.329. The Hall–Kier alpha value is -1.32. The number of ether oxygens (including phenoxy) is 2. The summed E-state index contributed by atoms with van der Waals surface area (Å²) < 4.78 is 34.9. The van der Waals surface area contributed by atoms with Gasteiger partial charge >= 0.3 is 12.6 Å². The molecule has 0 spiro atoms. The number of carbonyl (C=O) groups is 2. The molecule has 1 saturated carbocycles. The van der Waals surface area contributed by atoms with Crippen LogP contribution in [0, 0.1) is 0 Å². The average molecular weight is 483 g/mol. The first-order valence-corrected chi connectivity index (χ1v) is 8.94. The summed E-state index contributed by atoms with van der Waals surface area (Å²) in [6.45, 7) is 0.0756. The molecule has 1 aliphatic carbocycles. The lowest BCUT2D eigenvalue weighted by molar-refractivity contribution is -0.138. The molecule has 136 valence electrons. The molecule has 1 aliphatic rings. The van der Waals surface area contributed by atoms with Crippen LogP contribution in [0.15, 0.2) is 33.7 Å². The summed E-state index contributed by atoms with van der Waals surface area (Å²) in [5.41, 5.74) is 0.145. The third-order valence-electron chi connectivity index (χ3n) is 3.41. The molecule has 0 heterocycles. The first-order valence-electron chi connectivity index (χ1n) is 7.35. The van der Waals surface area contributed by atoms with Crippen LogP contribution in [0.1, 0.15) is 23.2 Å². The maximum atomic E-state index is 12.8. The second-order valence-corrected chi connectivity index (χ2v) is 6.96. The minimum atomic E-state index is -3.04. The predicted molar refractivity (Wildman–Crippen MR) is 93.9 cm³/mol. The Balaban J connectivity index is 2.24. The number of rotatable bonds is 9. The highest BCUT2D eigenvalue weighted by molar-refractivity contribution is 9.11. The number of nitrogens with one attached hydrogen (secondary N) is 1. The van der Waals surface area contributed by atoms with Crippen molar-refractivity contribution in [1.29, 1.82) is 0 Å². The molecule has 25 heavy (non-hydrogen) atoms. The zero-order chi connectivity index (χ0) is 18.6. The van der Waals surface area contributed by atoms with E-state index in [9.17, 15) is 18.4 Å². The minimum Gasteiger partial charge on any atom is -0.460 e. The second kappa shape index (κ2) is 8.86. The minimum absolute atomic E-state index is 0.102. The molecule has 1 N–H and O–H groups in total. The first-order chi connectivity index (χ1) is 11.8. The molecule has 0 saturated heterocycles. The maximum Gasteiger partial charge on any atom is 0.387 e. The highest BCUT2D eigenvalue weighted by atomic mass is 79.9. The van der Waals surface area contributed by atoms with E-state index in [1.54, 1.807) is 0 Å². The molecule has 0 aromatic heterocycles. The van der Waals surface area contributed by atoms with E-state index in [2.05, 4.69) is 48.5 Å². The Morgan fingerprint density at radius 3 is 2.60 bits per heavy atom. The van der Waals surface area contributed by atoms with Gasteiger partial charge in [-0.15, -0.1) is 0 Å². The van der Waals surface area contributed by atoms with E-state index < -0.39 is 24.4 Å². The van der Waals surface area contributed by atoms with Gasteiger partial charge in [0, 0.05) is 17.7 Å². The van der Waals surface area contributed by atoms with E-state index in [4.69, 9.17) is 4.74 Å². The molecule has 0 amide bonds. The summed E-state index contributed by atoms with van der Waals surface area (Å²) in [7, 11) is 0. The van der Waals surface area contributed by atoms with Gasteiger partial charge in [0.1, 0.15) is 12.6 Å². The lowest BCUT2D eigenvalue weighted by atomic mass is 10.0. The van der Waals surface area contributed by atoms with Gasteiger partial charge in [-0.1, -0.05) is 6.58 Å². The Morgan fingerprint density at radius 1 is 1.36 bits per heavy atom. The average Bonchev–Trinajstić information content (AvgIpc) is 3.38. The van der Waals surface area contributed by atoms with Gasteiger partial charge in [0.2, 0.25) is 0 Å². The van der Waals surface area contributed by atoms with Crippen LogP contribution in [0.25, 0.3) is 0 Å². The molecule has 2 rings (SSSR count). The summed E-state index contributed by atoms with van der Waals surface area (Å²) >= 11 is 6.25. The molecule has 1 unspecified atom stereocenters. The van der Waals surface area contributed by atoms with E-state index in [0.717, 1.165) is 18.9 Å². The van der Waals surface area contributed by atoms with Crippen LogP contribution in [0.4, 0.5) is 8.78 Å². The van der Waals surface area contributed by atoms with E-state index in [1.807, 2.05) is 0 Å². The maximum absolute atomic E-state index is 12.8. The number of esters is 1. The van der Waals surface area contributed by atoms with Crippen molar-refractivity contribution in [2.24, 2.45) is 0 Å². The fraction of sp³-hybridized carbons (Fsp3) is 0.375. The molecule has 9 heteroatoms. The molecular formula is C16H15Br2F2NO4. The van der Waals surface area contributed by atoms with E-state index in [1.165, 1.54) is 12.1 Å². The molecule has 0 bridgehead atoms. The fourth-order valence-electron chi connectivity index (χ4n) is 2.07. The first kappa shape index (κ1) is 20.0. The topological polar surface area (TPSA) is 64.6 Å². The number of hydrogen-bond acceptors (Lipinski definition) is 5. The summed E-state index contributed by atoms with van der Waals surface area (Å²) in [5, 5.41) is 3.09. The lowest BCUT2D eigenvalue weighted by Gasteiger charge is -2.19. The van der Waals surface area contributed by atoms with Gasteiger partial charge in [-0.25, -0.2) is 4.79 Å². The molecule has 1 aromatic carbocycles. The molecule has 0 aliphatic heterocycles. The van der Waals surface area contributed by atoms with Crippen LogP contribution in [0.5, 0.6) is 5.75 Å². The van der Waals surface area contributed by atoms with Gasteiger partial charge in [0.15, 0.2) is 11.5 Å². The standard InChI is InChI=1S/C16H15Br2F2NO4/c1-2-12(22)24-7-11(21-8-3-4-8)14(23)9-5-6-10(17)15(13(9)18)25-16(19)20/h2,5-6,8,11,16,21H,1,3-4,7H2. The number of ketones is 1. The molecule has 5 nitrogen and oxygen atoms in total. The Labute approximate surface area is 160 Å². The van der Waals surface area contributed by atoms with Gasteiger partial charge in [0.05, 0.1) is 8.95 Å². The van der Waals surface area contributed by atoms with Crippen molar-refractivity contribution in [1.82, 2.24) is 5.32 Å². The molecule has 1 atom stereocenters. The monoisotopic (exact) mass is 481 g/mol. The van der Waals surface area contributed by atoms with Crippen molar-refractivity contribution < 1.29 is 27.8 Å². The van der Waals surface area contributed by atoms with Gasteiger partial charge < -0.3 is 14.8 Å². The number of halogens is 4. The fourth-order valence-corrected chi connectivity index (χ4v) is 3.39. The van der Waals surface area contributed by atoms with Gasteiger partial charge in [-0.05, 0) is 56.8 Å². The van der Waals surface area contributed by atoms with Crippen molar-refractivity contribution in [2.45, 2.75) is 31.5 Å². The SMILES string of the molecule is C=CC(=O)OCC(NC1CC1)C(=O)c1ccc(Br)c(OC(F)F)c1Br. The number of benzene rings is 1. The van der Waals surface area contributed by atoms with Crippen LogP contribution >= 0.6 is 31.9 Å². The smallest absolute Gasteiger partial charge is 0.387 e. The summed E-state index contributed by atoms with van der Waals surface area (Å²) in [6, 6.07) is 2.29. The van der Waals surface area contributed by atoms with Crippen LogP contribution in [0.3, 0.4) is 0 Å². The van der Waals surface area contributed by atoms with Crippen molar-refractivity contribution in [2.75, 3.05) is 6.61 Å². The van der Waals surface area contributed by atoms with E-state index in [-0.39, 0.29) is 32.9 Å². The van der Waals surface area contributed by atoms with Crippen LogP contribution in [-0.4, -0.2) is 37.1 Å². The van der Waals surface area contributed by atoms with E-state index >= 15 is 0 Å². The zero-order valence-electron chi connectivity index (χ0n) is 12.9. The molecular weight excluding hydrogens is 468 g/mol. The highest BCUT2D eigenvalue weighted by Crippen LogP contribution is 2.37. The number of Topliss-reactive ketones (excluding diaryl/α,β-unsaturated/α-hetero) is 1. The second-order valence-electron chi connectivity index (χ2n) is 5.31. The Kier molecular flexibility index (Phi) is 7.09. The molecule has 0 radical (unpaired) electrons. The highest BCUT2D eigenvalue weighted by Gasteiger charge is 2.31. The van der Waals surface area contributed by atoms with Crippen molar-refractivity contribution in [3.63, 3.8) is 0 Å². The van der Waals surface area contributed by atoms with Crippen molar-refractivity contribution >= 4 is 43.6 Å². The molecule has 1 aromatic rings. The number of carbonyl (C=O) groups excluding carboxylic acids is 2. The van der Waals surface area contributed by atoms with Gasteiger partial charge in [-0.2, -0.15) is 8.78 Å². The summed E-state index contributed by atoms with van der Waals surface area (Å²) in [6.07, 6.45) is 2.84. The Morgan fingerprint density at radius 2 is 2.04 bits per heavy atom. The van der Waals surface area contributed by atoms with Crippen molar-refractivity contribution in [3.05, 3.63) is 39.3 Å². The number of hydrogen-bond donors (Lipinski definition) is 1. The number of alkyl halides is 2. The van der Waals surface area contributed by atoms with Crippen molar-refractivity contribution in [3.8, 4) is 5.75 Å². The zero-order valence-corrected chi connectivity index (χ0v) is 16.1. The summed E-state index contributed by atoms with van der Waals surface area (Å²) in [4.78, 5) is 24.1. The lowest BCUT2D eigenvalue weighted by Crippen LogP contribution is -2.42. The van der Waals surface area contributed by atoms with Gasteiger partial charge in [0.25, 0.3) is 0 Å². The van der Waals surface area contributed by atoms with Gasteiger partial charge in [-0.3, -0.25) is 4.79 Å². The van der Waals surface area contributed by atoms with Crippen LogP contribution in [0.2, 0.25) is 0 Å².